The van der Waals surface area contributed by atoms with Crippen LogP contribution in [0, 0.1) is 10.1 Å². The molecule has 0 amide bonds. The van der Waals surface area contributed by atoms with Crippen molar-refractivity contribution in [2.75, 3.05) is 7.11 Å². The van der Waals surface area contributed by atoms with Crippen molar-refractivity contribution in [3.63, 3.8) is 0 Å². The maximum atomic E-state index is 14.3. The van der Waals surface area contributed by atoms with Crippen LogP contribution in [0.15, 0.2) is 36.4 Å². The van der Waals surface area contributed by atoms with Crippen molar-refractivity contribution in [3.8, 4) is 11.5 Å². The average molecular weight is 333 g/mol. The van der Waals surface area contributed by atoms with Crippen LogP contribution in [0.5, 0.6) is 11.5 Å². The molecule has 0 aromatic heterocycles. The number of halogens is 1. The standard InChI is InChI=1S/C16H12FNO6/c1-24-15-10(4-7-12(14(15)19)16(20)21)8-13(17)9-2-5-11(6-3-9)18(22)23/h2-8,19H,1H3,(H,20,21)/b13-8-. The highest BCUT2D eigenvalue weighted by atomic mass is 19.1. The van der Waals surface area contributed by atoms with E-state index in [0.717, 1.165) is 24.3 Å². The molecule has 0 fully saturated rings. The molecule has 0 heterocycles. The smallest absolute Gasteiger partial charge is 0.339 e. The van der Waals surface area contributed by atoms with E-state index >= 15 is 0 Å². The molecule has 24 heavy (non-hydrogen) atoms. The summed E-state index contributed by atoms with van der Waals surface area (Å²) in [4.78, 5) is 21.0. The second kappa shape index (κ2) is 6.78. The number of nitrogens with zero attached hydrogens (tertiary/aromatic N) is 1. The molecule has 0 bridgehead atoms. The van der Waals surface area contributed by atoms with Crippen molar-refractivity contribution < 1.29 is 29.1 Å². The van der Waals surface area contributed by atoms with E-state index in [2.05, 4.69) is 0 Å². The summed E-state index contributed by atoms with van der Waals surface area (Å²) in [5.74, 6) is -2.88. The number of hydrogen-bond acceptors (Lipinski definition) is 5. The molecule has 0 saturated carbocycles. The lowest BCUT2D eigenvalue weighted by Crippen LogP contribution is -1.99. The molecule has 8 heteroatoms. The molecule has 0 saturated heterocycles. The van der Waals surface area contributed by atoms with Gasteiger partial charge in [0.1, 0.15) is 11.4 Å². The molecule has 2 aromatic carbocycles. The highest BCUT2D eigenvalue weighted by Gasteiger charge is 2.17. The van der Waals surface area contributed by atoms with Crippen LogP contribution >= 0.6 is 0 Å². The number of rotatable bonds is 5. The molecule has 124 valence electrons. The Balaban J connectivity index is 2.44. The molecule has 2 aromatic rings. The Bertz CT molecular complexity index is 829. The lowest BCUT2D eigenvalue weighted by Gasteiger charge is -2.10. The third-order valence-electron chi connectivity index (χ3n) is 3.23. The van der Waals surface area contributed by atoms with Crippen LogP contribution in [0.2, 0.25) is 0 Å². The van der Waals surface area contributed by atoms with Crippen molar-refractivity contribution in [2.24, 2.45) is 0 Å². The van der Waals surface area contributed by atoms with E-state index in [1.807, 2.05) is 0 Å². The Hall–Kier alpha value is -3.42. The van der Waals surface area contributed by atoms with Gasteiger partial charge >= 0.3 is 5.97 Å². The lowest BCUT2D eigenvalue weighted by atomic mass is 10.1. The molecule has 7 nitrogen and oxygen atoms in total. The number of non-ortho nitro benzene ring substituents is 1. The Kier molecular flexibility index (Phi) is 4.78. The van der Waals surface area contributed by atoms with Crippen molar-refractivity contribution >= 4 is 23.6 Å². The molecule has 2 rings (SSSR count). The first-order valence-electron chi connectivity index (χ1n) is 6.60. The molecular formula is C16H12FNO6. The van der Waals surface area contributed by atoms with Gasteiger partial charge in [0.25, 0.3) is 5.69 Å². The van der Waals surface area contributed by atoms with E-state index in [4.69, 9.17) is 9.84 Å². The summed E-state index contributed by atoms with van der Waals surface area (Å²) in [6, 6.07) is 7.20. The molecule has 0 aliphatic heterocycles. The molecule has 0 aliphatic rings. The van der Waals surface area contributed by atoms with Gasteiger partial charge in [-0.3, -0.25) is 10.1 Å². The van der Waals surface area contributed by atoms with Crippen LogP contribution in [0.25, 0.3) is 11.9 Å². The first-order valence-corrected chi connectivity index (χ1v) is 6.60. The number of methoxy groups -OCH3 is 1. The fourth-order valence-electron chi connectivity index (χ4n) is 2.05. The number of carboxylic acids is 1. The summed E-state index contributed by atoms with van der Waals surface area (Å²) in [6.45, 7) is 0. The van der Waals surface area contributed by atoms with Crippen molar-refractivity contribution in [1.29, 1.82) is 0 Å². The van der Waals surface area contributed by atoms with Crippen molar-refractivity contribution in [3.05, 3.63) is 63.2 Å². The molecule has 2 N–H and O–H groups in total. The third kappa shape index (κ3) is 3.32. The number of aromatic hydroxyl groups is 1. The van der Waals surface area contributed by atoms with Gasteiger partial charge in [-0.1, -0.05) is 6.07 Å². The number of aromatic carboxylic acids is 1. The lowest BCUT2D eigenvalue weighted by molar-refractivity contribution is -0.384. The summed E-state index contributed by atoms with van der Waals surface area (Å²) in [7, 11) is 1.21. The molecule has 0 atom stereocenters. The zero-order valence-corrected chi connectivity index (χ0v) is 12.4. The van der Waals surface area contributed by atoms with Gasteiger partial charge in [0.05, 0.1) is 12.0 Å². The quantitative estimate of drug-likeness (QED) is 0.492. The Morgan fingerprint density at radius 2 is 1.88 bits per heavy atom. The average Bonchev–Trinajstić information content (AvgIpc) is 2.54. The van der Waals surface area contributed by atoms with Crippen LogP contribution in [0.3, 0.4) is 0 Å². The Morgan fingerprint density at radius 1 is 1.25 bits per heavy atom. The van der Waals surface area contributed by atoms with E-state index in [1.165, 1.54) is 25.3 Å². The van der Waals surface area contributed by atoms with E-state index in [-0.39, 0.29) is 28.1 Å². The van der Waals surface area contributed by atoms with Gasteiger partial charge < -0.3 is 14.9 Å². The SMILES string of the molecule is COc1c(/C=C(\F)c2ccc([N+](=O)[O-])cc2)ccc(C(=O)O)c1O. The van der Waals surface area contributed by atoms with Crippen LogP contribution in [0.4, 0.5) is 10.1 Å². The number of nitro groups is 1. The van der Waals surface area contributed by atoms with Crippen molar-refractivity contribution in [2.45, 2.75) is 0 Å². The monoisotopic (exact) mass is 333 g/mol. The number of ether oxygens (including phenoxy) is 1. The Labute approximate surface area is 135 Å². The molecule has 0 radical (unpaired) electrons. The van der Waals surface area contributed by atoms with Gasteiger partial charge in [-0.05, 0) is 24.3 Å². The van der Waals surface area contributed by atoms with E-state index in [0.29, 0.717) is 0 Å². The van der Waals surface area contributed by atoms with E-state index < -0.39 is 22.5 Å². The minimum Gasteiger partial charge on any atom is -0.504 e. The fourth-order valence-corrected chi connectivity index (χ4v) is 2.05. The summed E-state index contributed by atoms with van der Waals surface area (Å²) >= 11 is 0. The molecule has 0 unspecified atom stereocenters. The molecular weight excluding hydrogens is 321 g/mol. The minimum absolute atomic E-state index is 0.0875. The van der Waals surface area contributed by atoms with E-state index in [9.17, 15) is 24.4 Å². The second-order valence-electron chi connectivity index (χ2n) is 4.69. The normalized spacial score (nSPS) is 11.2. The molecule has 0 aliphatic carbocycles. The summed E-state index contributed by atoms with van der Waals surface area (Å²) in [5, 5.41) is 29.4. The van der Waals surface area contributed by atoms with Crippen LogP contribution in [0.1, 0.15) is 21.5 Å². The topological polar surface area (TPSA) is 110 Å². The van der Waals surface area contributed by atoms with Crippen LogP contribution < -0.4 is 4.74 Å². The number of phenols is 1. The van der Waals surface area contributed by atoms with Crippen LogP contribution in [-0.2, 0) is 0 Å². The van der Waals surface area contributed by atoms with Crippen LogP contribution in [-0.4, -0.2) is 28.2 Å². The zero-order chi connectivity index (χ0) is 17.9. The van der Waals surface area contributed by atoms with Gasteiger partial charge in [-0.15, -0.1) is 0 Å². The van der Waals surface area contributed by atoms with Gasteiger partial charge in [-0.2, -0.15) is 0 Å². The number of hydrogen-bond donors (Lipinski definition) is 2. The highest BCUT2D eigenvalue weighted by molar-refractivity contribution is 5.93. The first-order chi connectivity index (χ1) is 11.3. The van der Waals surface area contributed by atoms with Gasteiger partial charge in [0.2, 0.25) is 0 Å². The van der Waals surface area contributed by atoms with Gasteiger partial charge in [0, 0.05) is 23.3 Å². The second-order valence-corrected chi connectivity index (χ2v) is 4.69. The number of nitro benzene ring substituents is 1. The van der Waals surface area contributed by atoms with Gasteiger partial charge in [-0.25, -0.2) is 9.18 Å². The number of carbonyl (C=O) groups is 1. The van der Waals surface area contributed by atoms with Gasteiger partial charge in [0.15, 0.2) is 11.5 Å². The third-order valence-corrected chi connectivity index (χ3v) is 3.23. The summed E-state index contributed by atoms with van der Waals surface area (Å²) < 4.78 is 19.2. The predicted molar refractivity (Wildman–Crippen MR) is 83.7 cm³/mol. The first kappa shape index (κ1) is 16.9. The number of carboxylic acid groups (broad SMARTS) is 1. The summed E-state index contributed by atoms with van der Waals surface area (Å²) in [6.07, 6.45) is 1.03. The maximum Gasteiger partial charge on any atom is 0.339 e. The number of benzene rings is 2. The van der Waals surface area contributed by atoms with E-state index in [1.54, 1.807) is 0 Å². The van der Waals surface area contributed by atoms with Crippen molar-refractivity contribution in [1.82, 2.24) is 0 Å². The zero-order valence-electron chi connectivity index (χ0n) is 12.4. The minimum atomic E-state index is -1.35. The fraction of sp³-hybridized carbons (Fsp3) is 0.0625. The molecule has 0 spiro atoms. The maximum absolute atomic E-state index is 14.3. The predicted octanol–water partition coefficient (Wildman–Crippen LogP) is 3.47. The summed E-state index contributed by atoms with van der Waals surface area (Å²) in [5.41, 5.74) is -0.340. The highest BCUT2D eigenvalue weighted by Crippen LogP contribution is 2.36. The largest absolute Gasteiger partial charge is 0.504 e. The Morgan fingerprint density at radius 3 is 2.38 bits per heavy atom.